The fourth-order valence-electron chi connectivity index (χ4n) is 2.22. The maximum absolute atomic E-state index is 6.19. The van der Waals surface area contributed by atoms with Crippen molar-refractivity contribution in [2.75, 3.05) is 18.9 Å². The zero-order valence-corrected chi connectivity index (χ0v) is 14.6. The topological polar surface area (TPSA) is 49.8 Å². The Bertz CT molecular complexity index is 603. The molecule has 7 heteroatoms. The van der Waals surface area contributed by atoms with E-state index in [1.54, 1.807) is 18.6 Å². The molecule has 0 aromatic carbocycles. The number of aromatic nitrogens is 2. The van der Waals surface area contributed by atoms with E-state index < -0.39 is 0 Å². The summed E-state index contributed by atoms with van der Waals surface area (Å²) in [4.78, 5) is 8.29. The van der Waals surface area contributed by atoms with Crippen molar-refractivity contribution in [3.05, 3.63) is 41.9 Å². The van der Waals surface area contributed by atoms with Crippen LogP contribution in [-0.2, 0) is 0 Å². The lowest BCUT2D eigenvalue weighted by Gasteiger charge is -2.16. The monoisotopic (exact) mass is 360 g/mol. The molecule has 0 amide bonds. The van der Waals surface area contributed by atoms with Gasteiger partial charge in [-0.1, -0.05) is 11.6 Å². The second kappa shape index (κ2) is 7.97. The fourth-order valence-corrected chi connectivity index (χ4v) is 2.43. The Labute approximate surface area is 147 Å². The Morgan fingerprint density at radius 2 is 1.91 bits per heavy atom. The second-order valence-electron chi connectivity index (χ2n) is 5.18. The van der Waals surface area contributed by atoms with E-state index in [1.165, 1.54) is 12.8 Å². The van der Waals surface area contributed by atoms with Crippen LogP contribution in [0.1, 0.15) is 12.8 Å². The standard InChI is InChI=1S/C15H17ClN4.2ClH/c1-17-15(4-5-15)10-20-12-8-13(14(16)19-9-12)11-2-6-18-7-3-11;;/h2-3,6-9,17,20H,4-5,10H2,1H3;2*1H. The average molecular weight is 362 g/mol. The number of nitrogens with zero attached hydrogens (tertiary/aromatic N) is 2. The van der Waals surface area contributed by atoms with Gasteiger partial charge in [0.2, 0.25) is 0 Å². The number of hydrogen-bond acceptors (Lipinski definition) is 4. The maximum atomic E-state index is 6.19. The molecule has 22 heavy (non-hydrogen) atoms. The first kappa shape index (κ1) is 19.0. The molecule has 2 N–H and O–H groups in total. The third-order valence-corrected chi connectivity index (χ3v) is 4.15. The molecule has 2 heterocycles. The molecule has 1 aliphatic rings. The van der Waals surface area contributed by atoms with Crippen molar-refractivity contribution >= 4 is 42.1 Å². The van der Waals surface area contributed by atoms with E-state index in [2.05, 4.69) is 20.6 Å². The average Bonchev–Trinajstić information content (AvgIpc) is 3.28. The number of rotatable bonds is 5. The quantitative estimate of drug-likeness (QED) is 0.795. The van der Waals surface area contributed by atoms with Crippen molar-refractivity contribution in [3.63, 3.8) is 0 Å². The molecule has 120 valence electrons. The predicted octanol–water partition coefficient (Wildman–Crippen LogP) is 3.80. The molecule has 1 aliphatic carbocycles. The van der Waals surface area contributed by atoms with E-state index in [0.717, 1.165) is 23.4 Å². The SMILES string of the molecule is CNC1(CNc2cnc(Cl)c(-c3ccncc3)c2)CC1.Cl.Cl. The molecule has 0 unspecified atom stereocenters. The molecule has 3 rings (SSSR count). The highest BCUT2D eigenvalue weighted by atomic mass is 35.5. The number of hydrogen-bond donors (Lipinski definition) is 2. The maximum Gasteiger partial charge on any atom is 0.136 e. The van der Waals surface area contributed by atoms with Crippen molar-refractivity contribution < 1.29 is 0 Å². The zero-order valence-electron chi connectivity index (χ0n) is 12.2. The largest absolute Gasteiger partial charge is 0.382 e. The Kier molecular flexibility index (Phi) is 6.88. The molecule has 0 radical (unpaired) electrons. The van der Waals surface area contributed by atoms with Gasteiger partial charge in [0.15, 0.2) is 0 Å². The molecule has 1 fully saturated rings. The van der Waals surface area contributed by atoms with Crippen molar-refractivity contribution in [3.8, 4) is 11.1 Å². The first-order valence-corrected chi connectivity index (χ1v) is 7.09. The second-order valence-corrected chi connectivity index (χ2v) is 5.54. The Balaban J connectivity index is 0.00000121. The van der Waals surface area contributed by atoms with Gasteiger partial charge >= 0.3 is 0 Å². The van der Waals surface area contributed by atoms with E-state index in [1.807, 2.05) is 25.2 Å². The van der Waals surface area contributed by atoms with Crippen molar-refractivity contribution in [1.29, 1.82) is 0 Å². The summed E-state index contributed by atoms with van der Waals surface area (Å²) in [6, 6.07) is 5.90. The Hall–Kier alpha value is -1.07. The Morgan fingerprint density at radius 1 is 1.23 bits per heavy atom. The van der Waals surface area contributed by atoms with Gasteiger partial charge in [0.25, 0.3) is 0 Å². The lowest BCUT2D eigenvalue weighted by atomic mass is 10.1. The van der Waals surface area contributed by atoms with Gasteiger partial charge in [-0.15, -0.1) is 24.8 Å². The van der Waals surface area contributed by atoms with E-state index in [-0.39, 0.29) is 30.4 Å². The van der Waals surface area contributed by atoms with Crippen LogP contribution in [0, 0.1) is 0 Å². The predicted molar refractivity (Wildman–Crippen MR) is 96.5 cm³/mol. The van der Waals surface area contributed by atoms with Crippen molar-refractivity contribution in [1.82, 2.24) is 15.3 Å². The smallest absolute Gasteiger partial charge is 0.136 e. The minimum atomic E-state index is 0. The van der Waals surface area contributed by atoms with Crippen LogP contribution in [0.2, 0.25) is 5.15 Å². The van der Waals surface area contributed by atoms with Gasteiger partial charge in [-0.05, 0) is 43.7 Å². The first-order chi connectivity index (χ1) is 9.72. The van der Waals surface area contributed by atoms with Crippen LogP contribution in [0.5, 0.6) is 0 Å². The van der Waals surface area contributed by atoms with E-state index >= 15 is 0 Å². The molecule has 0 spiro atoms. The molecular formula is C15H19Cl3N4. The Morgan fingerprint density at radius 3 is 2.50 bits per heavy atom. The summed E-state index contributed by atoms with van der Waals surface area (Å²) in [5.74, 6) is 0. The number of anilines is 1. The van der Waals surface area contributed by atoms with Crippen LogP contribution in [0.4, 0.5) is 5.69 Å². The molecule has 2 aromatic rings. The van der Waals surface area contributed by atoms with Gasteiger partial charge in [-0.25, -0.2) is 4.98 Å². The number of nitrogens with one attached hydrogen (secondary N) is 2. The first-order valence-electron chi connectivity index (χ1n) is 6.71. The molecule has 4 nitrogen and oxygen atoms in total. The molecular weight excluding hydrogens is 343 g/mol. The van der Waals surface area contributed by atoms with Crippen LogP contribution in [-0.4, -0.2) is 29.1 Å². The number of halogens is 3. The highest BCUT2D eigenvalue weighted by Crippen LogP contribution is 2.35. The normalized spacial score (nSPS) is 14.5. The summed E-state index contributed by atoms with van der Waals surface area (Å²) in [7, 11) is 2.01. The summed E-state index contributed by atoms with van der Waals surface area (Å²) >= 11 is 6.19. The molecule has 1 saturated carbocycles. The van der Waals surface area contributed by atoms with Gasteiger partial charge in [-0.3, -0.25) is 4.98 Å². The lowest BCUT2D eigenvalue weighted by molar-refractivity contribution is 0.578. The van der Waals surface area contributed by atoms with E-state index in [0.29, 0.717) is 5.15 Å². The third-order valence-electron chi connectivity index (χ3n) is 3.85. The van der Waals surface area contributed by atoms with Gasteiger partial charge in [0.05, 0.1) is 11.9 Å². The summed E-state index contributed by atoms with van der Waals surface area (Å²) in [6.45, 7) is 0.905. The lowest BCUT2D eigenvalue weighted by Crippen LogP contribution is -2.34. The molecule has 0 bridgehead atoms. The summed E-state index contributed by atoms with van der Waals surface area (Å²) < 4.78 is 0. The van der Waals surface area contributed by atoms with E-state index in [9.17, 15) is 0 Å². The fraction of sp³-hybridized carbons (Fsp3) is 0.333. The molecule has 0 aliphatic heterocycles. The van der Waals surface area contributed by atoms with Crippen molar-refractivity contribution in [2.24, 2.45) is 0 Å². The summed E-state index contributed by atoms with van der Waals surface area (Å²) in [5, 5.41) is 7.31. The third kappa shape index (κ3) is 4.23. The molecule has 0 atom stereocenters. The van der Waals surface area contributed by atoms with Gasteiger partial charge in [0.1, 0.15) is 5.15 Å². The number of likely N-dealkylation sites (N-methyl/N-ethyl adjacent to an activating group) is 1. The van der Waals surface area contributed by atoms with E-state index in [4.69, 9.17) is 11.6 Å². The molecule has 2 aromatic heterocycles. The summed E-state index contributed by atoms with van der Waals surface area (Å²) in [5.41, 5.74) is 3.20. The van der Waals surface area contributed by atoms with Crippen LogP contribution >= 0.6 is 36.4 Å². The highest BCUT2D eigenvalue weighted by Gasteiger charge is 2.40. The van der Waals surface area contributed by atoms with Crippen LogP contribution < -0.4 is 10.6 Å². The van der Waals surface area contributed by atoms with Crippen LogP contribution in [0.15, 0.2) is 36.8 Å². The van der Waals surface area contributed by atoms with Crippen LogP contribution in [0.25, 0.3) is 11.1 Å². The van der Waals surface area contributed by atoms with Gasteiger partial charge < -0.3 is 10.6 Å². The van der Waals surface area contributed by atoms with Gasteiger partial charge in [-0.2, -0.15) is 0 Å². The minimum absolute atomic E-state index is 0. The minimum Gasteiger partial charge on any atom is -0.382 e. The number of pyridine rings is 2. The van der Waals surface area contributed by atoms with Crippen molar-refractivity contribution in [2.45, 2.75) is 18.4 Å². The zero-order chi connectivity index (χ0) is 14.0. The van der Waals surface area contributed by atoms with Crippen LogP contribution in [0.3, 0.4) is 0 Å². The highest BCUT2D eigenvalue weighted by molar-refractivity contribution is 6.32. The van der Waals surface area contributed by atoms with Gasteiger partial charge in [0, 0.05) is 30.0 Å². The summed E-state index contributed by atoms with van der Waals surface area (Å²) in [6.07, 6.45) is 7.72. The molecule has 0 saturated heterocycles.